The second-order valence-corrected chi connectivity index (χ2v) is 9.74. The Kier molecular flexibility index (Phi) is 22.3. The zero-order valence-electron chi connectivity index (χ0n) is 30.3. The Morgan fingerprint density at radius 1 is 0.935 bits per heavy atom. The number of hydrogen-bond acceptors (Lipinski definition) is 3. The van der Waals surface area contributed by atoms with Gasteiger partial charge in [-0.05, 0) is 90.7 Å². The van der Waals surface area contributed by atoms with Gasteiger partial charge in [-0.25, -0.2) is 0 Å². The molecule has 4 heteroatoms. The normalized spacial score (nSPS) is 15.3. The van der Waals surface area contributed by atoms with E-state index >= 15 is 0 Å². The fourth-order valence-electron chi connectivity index (χ4n) is 4.54. The van der Waals surface area contributed by atoms with Gasteiger partial charge in [-0.3, -0.25) is 4.99 Å². The van der Waals surface area contributed by atoms with Gasteiger partial charge in [0.25, 0.3) is 0 Å². The maximum Gasteiger partial charge on any atom is 0.131 e. The number of hydrogen-bond donors (Lipinski definition) is 1. The molecule has 0 amide bonds. The van der Waals surface area contributed by atoms with Gasteiger partial charge in [0.05, 0.1) is 0 Å². The van der Waals surface area contributed by atoms with Crippen LogP contribution in [0.25, 0.3) is 0 Å². The molecule has 1 fully saturated rings. The monoisotopic (exact) mass is 620 g/mol. The minimum atomic E-state index is 0.330. The Bertz CT molecular complexity index is 1350. The summed E-state index contributed by atoms with van der Waals surface area (Å²) in [4.78, 5) is 8.81. The van der Waals surface area contributed by atoms with Crippen molar-refractivity contribution in [2.75, 3.05) is 30.4 Å². The van der Waals surface area contributed by atoms with Crippen molar-refractivity contribution in [3.8, 4) is 0 Å². The van der Waals surface area contributed by atoms with E-state index in [-0.39, 0.29) is 0 Å². The first-order chi connectivity index (χ1) is 22.4. The lowest BCUT2D eigenvalue weighted by molar-refractivity contribution is 0.937. The molecule has 1 unspecified atom stereocenters. The SMILES string of the molecule is C=C/C=C\C(C)\C=C/C(C)=C1\CCN(c2ccc(C(=NC)NC=C)cc2)\C1=C\C(=C)/C=C\N(C)c1ccccc1.CC.CC.CC. The van der Waals surface area contributed by atoms with Gasteiger partial charge in [0, 0.05) is 49.5 Å². The lowest BCUT2D eigenvalue weighted by atomic mass is 10.0. The number of nitrogens with one attached hydrogen (secondary N) is 1. The van der Waals surface area contributed by atoms with Crippen molar-refractivity contribution in [2.24, 2.45) is 10.9 Å². The minimum absolute atomic E-state index is 0.330. The number of allylic oxidation sites excluding steroid dienone is 10. The van der Waals surface area contributed by atoms with Gasteiger partial charge in [-0.1, -0.05) is 117 Å². The Balaban J connectivity index is 0.00000318. The first-order valence-corrected chi connectivity index (χ1v) is 16.6. The Labute approximate surface area is 282 Å². The molecule has 0 spiro atoms. The summed E-state index contributed by atoms with van der Waals surface area (Å²) in [6, 6.07) is 18.8. The summed E-state index contributed by atoms with van der Waals surface area (Å²) < 4.78 is 0. The number of benzene rings is 2. The molecule has 0 aromatic heterocycles. The molecule has 1 N–H and O–H groups in total. The van der Waals surface area contributed by atoms with Crippen LogP contribution in [0.4, 0.5) is 11.4 Å². The average Bonchev–Trinajstić information content (AvgIpc) is 3.53. The lowest BCUT2D eigenvalue weighted by Gasteiger charge is -2.22. The van der Waals surface area contributed by atoms with Crippen molar-refractivity contribution in [1.82, 2.24) is 5.32 Å². The van der Waals surface area contributed by atoms with Crippen LogP contribution in [0.2, 0.25) is 0 Å². The van der Waals surface area contributed by atoms with E-state index in [4.69, 9.17) is 0 Å². The molecule has 2 aromatic carbocycles. The van der Waals surface area contributed by atoms with Gasteiger partial charge in [0.1, 0.15) is 5.84 Å². The lowest BCUT2D eigenvalue weighted by Crippen LogP contribution is -2.19. The smallest absolute Gasteiger partial charge is 0.131 e. The van der Waals surface area contributed by atoms with Crippen molar-refractivity contribution in [3.63, 3.8) is 0 Å². The molecular weight excluding hydrogens is 560 g/mol. The summed E-state index contributed by atoms with van der Waals surface area (Å²) in [5, 5.41) is 3.11. The molecular formula is C42H60N4. The summed E-state index contributed by atoms with van der Waals surface area (Å²) in [6.45, 7) is 29.2. The molecule has 0 saturated carbocycles. The molecule has 0 radical (unpaired) electrons. The first kappa shape index (κ1) is 41.4. The number of nitrogens with zero attached hydrogens (tertiary/aromatic N) is 3. The minimum Gasteiger partial charge on any atom is -0.351 e. The molecule has 1 aliphatic heterocycles. The zero-order valence-corrected chi connectivity index (χ0v) is 30.3. The second-order valence-electron chi connectivity index (χ2n) is 9.74. The van der Waals surface area contributed by atoms with Gasteiger partial charge in [0.2, 0.25) is 0 Å². The fraction of sp³-hybridized carbons (Fsp3) is 0.310. The molecule has 4 nitrogen and oxygen atoms in total. The van der Waals surface area contributed by atoms with Crippen LogP contribution in [0.1, 0.15) is 67.4 Å². The Morgan fingerprint density at radius 3 is 2.13 bits per heavy atom. The van der Waals surface area contributed by atoms with Crippen molar-refractivity contribution in [3.05, 3.63) is 157 Å². The summed E-state index contributed by atoms with van der Waals surface area (Å²) in [5.74, 6) is 1.12. The van der Waals surface area contributed by atoms with Crippen molar-refractivity contribution in [1.29, 1.82) is 0 Å². The van der Waals surface area contributed by atoms with Crippen LogP contribution in [0.15, 0.2) is 157 Å². The van der Waals surface area contributed by atoms with E-state index in [2.05, 4.69) is 127 Å². The third-order valence-corrected chi connectivity index (χ3v) is 6.77. The van der Waals surface area contributed by atoms with Crippen LogP contribution in [-0.4, -0.2) is 26.5 Å². The van der Waals surface area contributed by atoms with Crippen molar-refractivity contribution >= 4 is 17.2 Å². The van der Waals surface area contributed by atoms with Crippen molar-refractivity contribution in [2.45, 2.75) is 61.8 Å². The first-order valence-electron chi connectivity index (χ1n) is 16.6. The van der Waals surface area contributed by atoms with Gasteiger partial charge in [-0.15, -0.1) is 0 Å². The molecule has 1 aliphatic rings. The number of anilines is 2. The number of para-hydroxylation sites is 1. The zero-order chi connectivity index (χ0) is 34.9. The van der Waals surface area contributed by atoms with E-state index in [1.807, 2.05) is 78.9 Å². The number of amidine groups is 1. The number of rotatable bonds is 11. The van der Waals surface area contributed by atoms with E-state index in [1.54, 1.807) is 13.2 Å². The molecule has 46 heavy (non-hydrogen) atoms. The summed E-state index contributed by atoms with van der Waals surface area (Å²) in [5.41, 5.74) is 7.99. The quantitative estimate of drug-likeness (QED) is 0.154. The highest BCUT2D eigenvalue weighted by Gasteiger charge is 2.25. The maximum absolute atomic E-state index is 4.37. The number of aliphatic imine (C=N–C) groups is 1. The fourth-order valence-corrected chi connectivity index (χ4v) is 4.54. The van der Waals surface area contributed by atoms with Crippen LogP contribution in [0.5, 0.6) is 0 Å². The van der Waals surface area contributed by atoms with Gasteiger partial charge < -0.3 is 15.1 Å². The van der Waals surface area contributed by atoms with Gasteiger partial charge >= 0.3 is 0 Å². The van der Waals surface area contributed by atoms with Crippen LogP contribution >= 0.6 is 0 Å². The van der Waals surface area contributed by atoms with E-state index in [1.165, 1.54) is 16.8 Å². The highest BCUT2D eigenvalue weighted by Crippen LogP contribution is 2.36. The van der Waals surface area contributed by atoms with Crippen LogP contribution < -0.4 is 15.1 Å². The molecule has 248 valence electrons. The summed E-state index contributed by atoms with van der Waals surface area (Å²) >= 11 is 0. The Hall–Kier alpha value is -4.57. The van der Waals surface area contributed by atoms with E-state index in [9.17, 15) is 0 Å². The maximum atomic E-state index is 4.37. The van der Waals surface area contributed by atoms with Crippen LogP contribution in [0.3, 0.4) is 0 Å². The molecule has 0 aliphatic carbocycles. The molecule has 3 rings (SSSR count). The highest BCUT2D eigenvalue weighted by atomic mass is 15.2. The summed E-state index contributed by atoms with van der Waals surface area (Å²) in [6.07, 6.45) is 19.3. The molecule has 1 saturated heterocycles. The molecule has 1 atom stereocenters. The van der Waals surface area contributed by atoms with Crippen LogP contribution in [0, 0.1) is 5.92 Å². The van der Waals surface area contributed by atoms with E-state index in [0.29, 0.717) is 5.92 Å². The summed E-state index contributed by atoms with van der Waals surface area (Å²) in [7, 11) is 3.82. The van der Waals surface area contributed by atoms with Gasteiger partial charge in [0.15, 0.2) is 0 Å². The molecule has 0 bridgehead atoms. The van der Waals surface area contributed by atoms with Gasteiger partial charge in [-0.2, -0.15) is 0 Å². The van der Waals surface area contributed by atoms with Crippen molar-refractivity contribution < 1.29 is 0 Å². The Morgan fingerprint density at radius 2 is 1.57 bits per heavy atom. The highest BCUT2D eigenvalue weighted by molar-refractivity contribution is 5.99. The van der Waals surface area contributed by atoms with Crippen LogP contribution in [-0.2, 0) is 0 Å². The third kappa shape index (κ3) is 13.6. The predicted octanol–water partition coefficient (Wildman–Crippen LogP) is 11.4. The molecule has 1 heterocycles. The topological polar surface area (TPSA) is 30.9 Å². The third-order valence-electron chi connectivity index (χ3n) is 6.77. The molecule has 2 aromatic rings. The largest absolute Gasteiger partial charge is 0.351 e. The average molecular weight is 621 g/mol. The second kappa shape index (κ2) is 24.7. The predicted molar refractivity (Wildman–Crippen MR) is 210 cm³/mol. The van der Waals surface area contributed by atoms with E-state index in [0.717, 1.165) is 41.3 Å². The van der Waals surface area contributed by atoms with E-state index < -0.39 is 0 Å². The standard InChI is InChI=1S/C36H42N4.3C2H6/c1-8-10-14-28(3)17-18-30(5)34-24-26-40(33-21-19-31(20-22-33)36(37-6)38-9-2)35(34)27-29(4)23-25-39(7)32-15-12-11-13-16-32;3*1-2/h8-23,25,27-28H,1-2,4,24,26H2,3,5-7H3,(H,37,38);3*1-2H3/b14-10-,18-17-,25-23-,34-30+,35-27+;;;.